The SMILES string of the molecule is Cc1cccc(S(=O)(=O)NC(CN)CC(C)C)c1F. The molecule has 0 aliphatic rings. The zero-order valence-electron chi connectivity index (χ0n) is 11.5. The summed E-state index contributed by atoms with van der Waals surface area (Å²) in [5.74, 6) is -0.408. The zero-order chi connectivity index (χ0) is 14.6. The van der Waals surface area contributed by atoms with Crippen molar-refractivity contribution < 1.29 is 12.8 Å². The molecular formula is C13H21FN2O2S. The minimum atomic E-state index is -3.88. The highest BCUT2D eigenvalue weighted by Gasteiger charge is 2.23. The van der Waals surface area contributed by atoms with Crippen molar-refractivity contribution in [3.05, 3.63) is 29.6 Å². The van der Waals surface area contributed by atoms with Gasteiger partial charge in [-0.25, -0.2) is 17.5 Å². The van der Waals surface area contributed by atoms with E-state index in [0.717, 1.165) is 0 Å². The molecule has 1 atom stereocenters. The lowest BCUT2D eigenvalue weighted by molar-refractivity contribution is 0.463. The summed E-state index contributed by atoms with van der Waals surface area (Å²) in [6.45, 7) is 5.67. The number of halogens is 1. The van der Waals surface area contributed by atoms with E-state index in [0.29, 0.717) is 17.9 Å². The summed E-state index contributed by atoms with van der Waals surface area (Å²) in [5, 5.41) is 0. The summed E-state index contributed by atoms with van der Waals surface area (Å²) in [6.07, 6.45) is 0.614. The molecule has 0 aliphatic carbocycles. The molecule has 1 unspecified atom stereocenters. The van der Waals surface area contributed by atoms with Crippen LogP contribution >= 0.6 is 0 Å². The minimum absolute atomic E-state index is 0.185. The van der Waals surface area contributed by atoms with Crippen LogP contribution in [-0.2, 0) is 10.0 Å². The quantitative estimate of drug-likeness (QED) is 0.838. The number of nitrogens with one attached hydrogen (secondary N) is 1. The van der Waals surface area contributed by atoms with E-state index in [4.69, 9.17) is 5.73 Å². The highest BCUT2D eigenvalue weighted by atomic mass is 32.2. The van der Waals surface area contributed by atoms with Crippen LogP contribution < -0.4 is 10.5 Å². The Labute approximate surface area is 114 Å². The van der Waals surface area contributed by atoms with Gasteiger partial charge >= 0.3 is 0 Å². The summed E-state index contributed by atoms with van der Waals surface area (Å²) in [4.78, 5) is -0.324. The van der Waals surface area contributed by atoms with Crippen molar-refractivity contribution in [3.8, 4) is 0 Å². The van der Waals surface area contributed by atoms with Crippen molar-refractivity contribution in [1.29, 1.82) is 0 Å². The highest BCUT2D eigenvalue weighted by Crippen LogP contribution is 2.18. The monoisotopic (exact) mass is 288 g/mol. The lowest BCUT2D eigenvalue weighted by Crippen LogP contribution is -2.41. The summed E-state index contributed by atoms with van der Waals surface area (Å²) in [7, 11) is -3.88. The van der Waals surface area contributed by atoms with Gasteiger partial charge in [-0.05, 0) is 30.9 Å². The molecule has 0 saturated carbocycles. The van der Waals surface area contributed by atoms with E-state index in [1.807, 2.05) is 13.8 Å². The zero-order valence-corrected chi connectivity index (χ0v) is 12.3. The number of hydrogen-bond acceptors (Lipinski definition) is 3. The lowest BCUT2D eigenvalue weighted by atomic mass is 10.1. The first-order chi connectivity index (χ1) is 8.77. The van der Waals surface area contributed by atoms with Crippen LogP contribution in [0, 0.1) is 18.7 Å². The van der Waals surface area contributed by atoms with Crippen molar-refractivity contribution >= 4 is 10.0 Å². The molecule has 19 heavy (non-hydrogen) atoms. The topological polar surface area (TPSA) is 72.2 Å². The van der Waals surface area contributed by atoms with Gasteiger partial charge in [-0.2, -0.15) is 0 Å². The van der Waals surface area contributed by atoms with Crippen LogP contribution in [0.2, 0.25) is 0 Å². The van der Waals surface area contributed by atoms with Crippen LogP contribution in [0.4, 0.5) is 4.39 Å². The third-order valence-corrected chi connectivity index (χ3v) is 4.35. The van der Waals surface area contributed by atoms with Gasteiger partial charge in [0.25, 0.3) is 0 Å². The van der Waals surface area contributed by atoms with E-state index in [-0.39, 0.29) is 17.5 Å². The first-order valence-electron chi connectivity index (χ1n) is 6.25. The standard InChI is InChI=1S/C13H21FN2O2S/c1-9(2)7-11(8-15)16-19(17,18)12-6-4-5-10(3)13(12)14/h4-6,9,11,16H,7-8,15H2,1-3H3. The van der Waals surface area contributed by atoms with Gasteiger partial charge in [0, 0.05) is 12.6 Å². The smallest absolute Gasteiger partial charge is 0.243 e. The van der Waals surface area contributed by atoms with Gasteiger partial charge < -0.3 is 5.73 Å². The number of nitrogens with two attached hydrogens (primary N) is 1. The molecule has 0 fully saturated rings. The van der Waals surface area contributed by atoms with Crippen LogP contribution in [0.5, 0.6) is 0 Å². The van der Waals surface area contributed by atoms with Crippen LogP contribution in [0.15, 0.2) is 23.1 Å². The van der Waals surface area contributed by atoms with Crippen molar-refractivity contribution in [2.75, 3.05) is 6.54 Å². The van der Waals surface area contributed by atoms with Crippen molar-refractivity contribution in [1.82, 2.24) is 4.72 Å². The normalized spacial score (nSPS) is 13.8. The second-order valence-electron chi connectivity index (χ2n) is 5.07. The molecule has 4 nitrogen and oxygen atoms in total. The third kappa shape index (κ3) is 4.26. The molecule has 1 aromatic carbocycles. The fraction of sp³-hybridized carbons (Fsp3) is 0.538. The lowest BCUT2D eigenvalue weighted by Gasteiger charge is -2.19. The van der Waals surface area contributed by atoms with E-state index in [1.165, 1.54) is 25.1 Å². The first-order valence-corrected chi connectivity index (χ1v) is 7.73. The number of sulfonamides is 1. The first kappa shape index (κ1) is 16.1. The molecule has 0 bridgehead atoms. The molecule has 108 valence electrons. The number of rotatable bonds is 6. The molecule has 3 N–H and O–H groups in total. The maximum Gasteiger partial charge on any atom is 0.243 e. The van der Waals surface area contributed by atoms with Crippen LogP contribution in [0.25, 0.3) is 0 Å². The van der Waals surface area contributed by atoms with Gasteiger partial charge in [-0.3, -0.25) is 0 Å². The van der Waals surface area contributed by atoms with E-state index >= 15 is 0 Å². The van der Waals surface area contributed by atoms with E-state index in [2.05, 4.69) is 4.72 Å². The molecule has 6 heteroatoms. The minimum Gasteiger partial charge on any atom is -0.329 e. The number of benzene rings is 1. The average molecular weight is 288 g/mol. The summed E-state index contributed by atoms with van der Waals surface area (Å²) >= 11 is 0. The second kappa shape index (κ2) is 6.45. The average Bonchev–Trinajstić information content (AvgIpc) is 2.30. The van der Waals surface area contributed by atoms with Crippen LogP contribution in [-0.4, -0.2) is 21.0 Å². The summed E-state index contributed by atoms with van der Waals surface area (Å²) in [6, 6.07) is 3.92. The molecule has 0 saturated heterocycles. The fourth-order valence-corrected chi connectivity index (χ4v) is 3.29. The fourth-order valence-electron chi connectivity index (χ4n) is 1.87. The molecule has 1 rings (SSSR count). The molecule has 0 spiro atoms. The van der Waals surface area contributed by atoms with Crippen molar-refractivity contribution in [2.24, 2.45) is 11.7 Å². The predicted octanol–water partition coefficient (Wildman–Crippen LogP) is 1.79. The van der Waals surface area contributed by atoms with Gasteiger partial charge in [-0.1, -0.05) is 26.0 Å². The summed E-state index contributed by atoms with van der Waals surface area (Å²) in [5.41, 5.74) is 5.86. The summed E-state index contributed by atoms with van der Waals surface area (Å²) < 4.78 is 40.6. The van der Waals surface area contributed by atoms with E-state index in [1.54, 1.807) is 0 Å². The molecule has 0 radical (unpaired) electrons. The Hall–Kier alpha value is -0.980. The Bertz CT molecular complexity index is 529. The molecule has 0 heterocycles. The molecule has 0 amide bonds. The molecule has 1 aromatic rings. The van der Waals surface area contributed by atoms with Crippen molar-refractivity contribution in [2.45, 2.75) is 38.1 Å². The Morgan fingerprint density at radius 2 is 2.00 bits per heavy atom. The Morgan fingerprint density at radius 1 is 1.37 bits per heavy atom. The maximum absolute atomic E-state index is 13.9. The van der Waals surface area contributed by atoms with Crippen LogP contribution in [0.1, 0.15) is 25.8 Å². The molecule has 0 aromatic heterocycles. The van der Waals surface area contributed by atoms with Gasteiger partial charge in [0.05, 0.1) is 0 Å². The largest absolute Gasteiger partial charge is 0.329 e. The molecular weight excluding hydrogens is 267 g/mol. The van der Waals surface area contributed by atoms with E-state index in [9.17, 15) is 12.8 Å². The van der Waals surface area contributed by atoms with Gasteiger partial charge in [0.2, 0.25) is 10.0 Å². The Morgan fingerprint density at radius 3 is 2.53 bits per heavy atom. The van der Waals surface area contributed by atoms with Crippen molar-refractivity contribution in [3.63, 3.8) is 0 Å². The number of hydrogen-bond donors (Lipinski definition) is 2. The van der Waals surface area contributed by atoms with Crippen LogP contribution in [0.3, 0.4) is 0 Å². The van der Waals surface area contributed by atoms with E-state index < -0.39 is 15.8 Å². The second-order valence-corrected chi connectivity index (χ2v) is 6.75. The Kier molecular flexibility index (Phi) is 5.46. The Balaban J connectivity index is 3.01. The predicted molar refractivity (Wildman–Crippen MR) is 73.8 cm³/mol. The van der Waals surface area contributed by atoms with Gasteiger partial charge in [-0.15, -0.1) is 0 Å². The maximum atomic E-state index is 13.9. The number of aryl methyl sites for hydroxylation is 1. The highest BCUT2D eigenvalue weighted by molar-refractivity contribution is 7.89. The molecule has 0 aliphatic heterocycles. The van der Waals surface area contributed by atoms with Gasteiger partial charge in [0.1, 0.15) is 10.7 Å². The third-order valence-electron chi connectivity index (χ3n) is 2.81. The van der Waals surface area contributed by atoms with Gasteiger partial charge in [0.15, 0.2) is 0 Å².